The van der Waals surface area contributed by atoms with Crippen LogP contribution in [0.4, 0.5) is 17.6 Å². The standard InChI is InChI=1S/C24H19ClF4N4O4/c1-11-30-20(33-37-11)19-16(7-14(25)8-17(19)26)13-2-4-15-12(6-13)3-5-18(15)31-21(34)23(9-36-10-23)32-22(35)24(27,28)29/h2,4,6-8,18H,3,5,9-10H2,1H3,(H,31,34)(H,32,35). The van der Waals surface area contributed by atoms with E-state index in [-0.39, 0.29) is 35.5 Å². The number of rotatable bonds is 5. The van der Waals surface area contributed by atoms with Gasteiger partial charge < -0.3 is 19.9 Å². The second-order valence-electron chi connectivity index (χ2n) is 8.95. The Bertz CT molecular complexity index is 1400. The normalized spacial score (nSPS) is 18.2. The van der Waals surface area contributed by atoms with Crippen LogP contribution < -0.4 is 10.6 Å². The summed E-state index contributed by atoms with van der Waals surface area (Å²) in [6, 6.07) is 7.56. The minimum absolute atomic E-state index is 0.0706. The highest BCUT2D eigenvalue weighted by Crippen LogP contribution is 2.39. The molecule has 37 heavy (non-hydrogen) atoms. The van der Waals surface area contributed by atoms with Gasteiger partial charge in [0.2, 0.25) is 11.7 Å². The number of carbonyl (C=O) groups excluding carboxylic acids is 2. The van der Waals surface area contributed by atoms with E-state index in [1.807, 2.05) is 6.07 Å². The molecule has 13 heteroatoms. The first-order valence-electron chi connectivity index (χ1n) is 11.2. The van der Waals surface area contributed by atoms with Gasteiger partial charge in [0.25, 0.3) is 5.91 Å². The van der Waals surface area contributed by atoms with E-state index in [2.05, 4.69) is 15.5 Å². The Morgan fingerprint density at radius 1 is 1.19 bits per heavy atom. The first-order valence-corrected chi connectivity index (χ1v) is 11.6. The third kappa shape index (κ3) is 4.66. The van der Waals surface area contributed by atoms with E-state index in [1.54, 1.807) is 30.4 Å². The van der Waals surface area contributed by atoms with E-state index in [9.17, 15) is 27.2 Å². The average Bonchev–Trinajstić information content (AvgIpc) is 3.40. The SMILES string of the molecule is Cc1nc(-c2c(F)cc(Cl)cc2-c2ccc3c(c2)CCC3NC(=O)C2(NC(=O)C(F)(F)F)COC2)no1. The minimum atomic E-state index is -5.13. The number of aromatic nitrogens is 2. The molecule has 1 aromatic heterocycles. The predicted molar refractivity (Wildman–Crippen MR) is 122 cm³/mol. The lowest BCUT2D eigenvalue weighted by Crippen LogP contribution is -2.71. The summed E-state index contributed by atoms with van der Waals surface area (Å²) in [5.41, 5.74) is 1.03. The Balaban J connectivity index is 1.41. The molecule has 2 N–H and O–H groups in total. The van der Waals surface area contributed by atoms with E-state index >= 15 is 0 Å². The van der Waals surface area contributed by atoms with Crippen molar-refractivity contribution in [2.75, 3.05) is 13.2 Å². The molecule has 1 aliphatic carbocycles. The van der Waals surface area contributed by atoms with Gasteiger partial charge in [0.15, 0.2) is 5.54 Å². The third-order valence-electron chi connectivity index (χ3n) is 6.39. The molecule has 0 bridgehead atoms. The summed E-state index contributed by atoms with van der Waals surface area (Å²) in [6.07, 6.45) is -4.10. The molecule has 1 atom stereocenters. The summed E-state index contributed by atoms with van der Waals surface area (Å²) in [5, 5.41) is 8.50. The average molecular weight is 539 g/mol. The molecule has 2 aliphatic rings. The number of ether oxygens (including phenoxy) is 1. The number of aryl methyl sites for hydroxylation is 2. The quantitative estimate of drug-likeness (QED) is 0.475. The van der Waals surface area contributed by atoms with Crippen LogP contribution in [0, 0.1) is 12.7 Å². The number of halogens is 5. The molecule has 0 radical (unpaired) electrons. The number of fused-ring (bicyclic) bond motifs is 1. The Hall–Kier alpha value is -3.51. The van der Waals surface area contributed by atoms with Crippen molar-refractivity contribution in [3.63, 3.8) is 0 Å². The van der Waals surface area contributed by atoms with Gasteiger partial charge in [0.05, 0.1) is 24.8 Å². The highest BCUT2D eigenvalue weighted by atomic mass is 35.5. The maximum absolute atomic E-state index is 14.9. The van der Waals surface area contributed by atoms with Gasteiger partial charge in [-0.3, -0.25) is 9.59 Å². The van der Waals surface area contributed by atoms with Gasteiger partial charge in [0, 0.05) is 11.9 Å². The van der Waals surface area contributed by atoms with Crippen molar-refractivity contribution in [1.29, 1.82) is 0 Å². The molecular weight excluding hydrogens is 520 g/mol. The van der Waals surface area contributed by atoms with E-state index in [1.165, 1.54) is 0 Å². The van der Waals surface area contributed by atoms with Crippen molar-refractivity contribution in [3.8, 4) is 22.5 Å². The van der Waals surface area contributed by atoms with Crippen molar-refractivity contribution >= 4 is 23.4 Å². The first kappa shape index (κ1) is 25.2. The number of amides is 2. The molecule has 1 fully saturated rings. The van der Waals surface area contributed by atoms with Crippen LogP contribution in [-0.4, -0.2) is 46.9 Å². The molecule has 5 rings (SSSR count). The predicted octanol–water partition coefficient (Wildman–Crippen LogP) is 4.06. The fourth-order valence-electron chi connectivity index (χ4n) is 4.52. The molecular formula is C24H19ClF4N4O4. The summed E-state index contributed by atoms with van der Waals surface area (Å²) < 4.78 is 63.1. The van der Waals surface area contributed by atoms with Crippen LogP contribution in [0.1, 0.15) is 29.5 Å². The third-order valence-corrected chi connectivity index (χ3v) is 6.60. The number of hydrogen-bond acceptors (Lipinski definition) is 6. The van der Waals surface area contributed by atoms with Gasteiger partial charge >= 0.3 is 12.1 Å². The molecule has 0 saturated carbocycles. The Labute approximate surface area is 212 Å². The Morgan fingerprint density at radius 3 is 2.57 bits per heavy atom. The lowest BCUT2D eigenvalue weighted by Gasteiger charge is -2.41. The fourth-order valence-corrected chi connectivity index (χ4v) is 4.72. The van der Waals surface area contributed by atoms with Crippen LogP contribution in [0.2, 0.25) is 5.02 Å². The number of nitrogens with zero attached hydrogens (tertiary/aromatic N) is 2. The number of nitrogens with one attached hydrogen (secondary N) is 2. The maximum atomic E-state index is 14.9. The van der Waals surface area contributed by atoms with Gasteiger partial charge in [-0.25, -0.2) is 4.39 Å². The van der Waals surface area contributed by atoms with E-state index in [0.29, 0.717) is 24.0 Å². The lowest BCUT2D eigenvalue weighted by molar-refractivity contribution is -0.184. The number of carbonyl (C=O) groups is 2. The van der Waals surface area contributed by atoms with Gasteiger partial charge in [-0.05, 0) is 47.2 Å². The molecule has 1 aliphatic heterocycles. The van der Waals surface area contributed by atoms with Gasteiger partial charge in [-0.1, -0.05) is 35.0 Å². The molecule has 0 spiro atoms. The Morgan fingerprint density at radius 2 is 1.95 bits per heavy atom. The molecule has 2 heterocycles. The minimum Gasteiger partial charge on any atom is -0.375 e. The molecule has 2 aromatic carbocycles. The topological polar surface area (TPSA) is 106 Å². The number of hydrogen-bond donors (Lipinski definition) is 2. The van der Waals surface area contributed by atoms with Crippen LogP contribution in [0.5, 0.6) is 0 Å². The zero-order valence-corrected chi connectivity index (χ0v) is 20.0. The van der Waals surface area contributed by atoms with E-state index < -0.39 is 35.4 Å². The molecule has 1 saturated heterocycles. The number of alkyl halides is 3. The van der Waals surface area contributed by atoms with Gasteiger partial charge in [0.1, 0.15) is 5.82 Å². The van der Waals surface area contributed by atoms with Crippen molar-refractivity contribution in [1.82, 2.24) is 20.8 Å². The van der Waals surface area contributed by atoms with Crippen LogP contribution in [0.3, 0.4) is 0 Å². The van der Waals surface area contributed by atoms with Crippen molar-refractivity contribution in [3.05, 3.63) is 58.2 Å². The molecule has 1 unspecified atom stereocenters. The largest absolute Gasteiger partial charge is 0.471 e. The van der Waals surface area contributed by atoms with Gasteiger partial charge in [-0.15, -0.1) is 0 Å². The lowest BCUT2D eigenvalue weighted by atomic mass is 9.94. The van der Waals surface area contributed by atoms with Crippen molar-refractivity contribution in [2.24, 2.45) is 0 Å². The first-order chi connectivity index (χ1) is 17.5. The summed E-state index contributed by atoms with van der Waals surface area (Å²) in [5.74, 6) is -3.25. The summed E-state index contributed by atoms with van der Waals surface area (Å²) in [7, 11) is 0. The summed E-state index contributed by atoms with van der Waals surface area (Å²) in [4.78, 5) is 28.5. The zero-order valence-electron chi connectivity index (χ0n) is 19.2. The van der Waals surface area contributed by atoms with Crippen LogP contribution in [0.25, 0.3) is 22.5 Å². The highest BCUT2D eigenvalue weighted by Gasteiger charge is 2.52. The van der Waals surface area contributed by atoms with Gasteiger partial charge in [-0.2, -0.15) is 18.2 Å². The van der Waals surface area contributed by atoms with Crippen LogP contribution in [0.15, 0.2) is 34.9 Å². The van der Waals surface area contributed by atoms with Crippen molar-refractivity contribution in [2.45, 2.75) is 37.5 Å². The Kier molecular flexibility index (Phi) is 6.19. The van der Waals surface area contributed by atoms with Crippen LogP contribution >= 0.6 is 11.6 Å². The molecule has 194 valence electrons. The van der Waals surface area contributed by atoms with E-state index in [0.717, 1.165) is 17.2 Å². The number of benzene rings is 2. The molecule has 8 nitrogen and oxygen atoms in total. The van der Waals surface area contributed by atoms with Crippen molar-refractivity contribution < 1.29 is 36.4 Å². The molecule has 3 aromatic rings. The fraction of sp³-hybridized carbons (Fsp3) is 0.333. The maximum Gasteiger partial charge on any atom is 0.471 e. The second-order valence-corrected chi connectivity index (χ2v) is 9.39. The smallest absolute Gasteiger partial charge is 0.375 e. The molecule has 2 amide bonds. The van der Waals surface area contributed by atoms with Crippen LogP contribution in [-0.2, 0) is 20.7 Å². The monoisotopic (exact) mass is 538 g/mol. The highest BCUT2D eigenvalue weighted by molar-refractivity contribution is 6.31. The second kappa shape index (κ2) is 9.10. The summed E-state index contributed by atoms with van der Waals surface area (Å²) >= 11 is 6.13. The summed E-state index contributed by atoms with van der Waals surface area (Å²) in [6.45, 7) is 0.859. The zero-order chi connectivity index (χ0) is 26.5. The van der Waals surface area contributed by atoms with E-state index in [4.69, 9.17) is 20.9 Å².